The van der Waals surface area contributed by atoms with Crippen LogP contribution in [0, 0.1) is 11.8 Å². The second-order valence-corrected chi connectivity index (χ2v) is 4.81. The van der Waals surface area contributed by atoms with E-state index in [-0.39, 0.29) is 0 Å². The number of rotatable bonds is 6. The van der Waals surface area contributed by atoms with Crippen LogP contribution >= 0.6 is 22.6 Å². The summed E-state index contributed by atoms with van der Waals surface area (Å²) in [5.41, 5.74) is 0. The summed E-state index contributed by atoms with van der Waals surface area (Å²) in [4.78, 5) is 0. The lowest BCUT2D eigenvalue weighted by molar-refractivity contribution is 0.395. The first kappa shape index (κ1) is 12.7. The molecule has 1 nitrogen and oxygen atoms in total. The largest absolute Gasteiger partial charge is 0.313 e. The van der Waals surface area contributed by atoms with E-state index in [9.17, 15) is 0 Å². The maximum atomic E-state index is 3.61. The van der Waals surface area contributed by atoms with Crippen molar-refractivity contribution in [1.82, 2.24) is 5.32 Å². The third-order valence-electron chi connectivity index (χ3n) is 2.40. The summed E-state index contributed by atoms with van der Waals surface area (Å²) >= 11 is 2.46. The summed E-state index contributed by atoms with van der Waals surface area (Å²) in [7, 11) is 0. The van der Waals surface area contributed by atoms with Gasteiger partial charge in [-0.05, 0) is 18.4 Å². The van der Waals surface area contributed by atoms with Gasteiger partial charge in [0.05, 0.1) is 0 Å². The van der Waals surface area contributed by atoms with Crippen LogP contribution in [0.1, 0.15) is 34.1 Å². The highest BCUT2D eigenvalue weighted by atomic mass is 127. The first-order valence-corrected chi connectivity index (χ1v) is 6.43. The van der Waals surface area contributed by atoms with Gasteiger partial charge in [0.15, 0.2) is 0 Å². The lowest BCUT2D eigenvalue weighted by Gasteiger charge is -2.21. The van der Waals surface area contributed by atoms with Gasteiger partial charge < -0.3 is 5.32 Å². The molecule has 0 saturated carbocycles. The summed E-state index contributed by atoms with van der Waals surface area (Å²) in [5.74, 6) is 1.57. The topological polar surface area (TPSA) is 12.0 Å². The maximum Gasteiger partial charge on any atom is 0.0180 e. The Morgan fingerprint density at radius 3 is 2.17 bits per heavy atom. The van der Waals surface area contributed by atoms with E-state index in [1.807, 2.05) is 0 Å². The average Bonchev–Trinajstić information content (AvgIpc) is 2.04. The van der Waals surface area contributed by atoms with Gasteiger partial charge in [0, 0.05) is 10.5 Å². The molecule has 0 rings (SSSR count). The smallest absolute Gasteiger partial charge is 0.0180 e. The molecule has 0 heterocycles. The highest BCUT2D eigenvalue weighted by Crippen LogP contribution is 2.06. The molecular weight excluding hydrogens is 261 g/mol. The number of hydrogen-bond acceptors (Lipinski definition) is 1. The van der Waals surface area contributed by atoms with Crippen molar-refractivity contribution in [2.45, 2.75) is 40.2 Å². The van der Waals surface area contributed by atoms with Gasteiger partial charge in [-0.3, -0.25) is 0 Å². The molecule has 0 aromatic rings. The van der Waals surface area contributed by atoms with Crippen molar-refractivity contribution in [3.8, 4) is 0 Å². The minimum Gasteiger partial charge on any atom is -0.313 e. The summed E-state index contributed by atoms with van der Waals surface area (Å²) in [6.45, 7) is 10.3. The van der Waals surface area contributed by atoms with Crippen molar-refractivity contribution in [1.29, 1.82) is 0 Å². The van der Waals surface area contributed by atoms with Crippen LogP contribution in [0.2, 0.25) is 0 Å². The molecule has 0 aliphatic carbocycles. The molecule has 0 aromatic heterocycles. The Kier molecular flexibility index (Phi) is 7.54. The van der Waals surface area contributed by atoms with E-state index in [1.54, 1.807) is 0 Å². The van der Waals surface area contributed by atoms with E-state index in [4.69, 9.17) is 0 Å². The van der Waals surface area contributed by atoms with E-state index in [0.29, 0.717) is 6.04 Å². The van der Waals surface area contributed by atoms with Crippen molar-refractivity contribution in [2.75, 3.05) is 11.0 Å². The van der Waals surface area contributed by atoms with E-state index >= 15 is 0 Å². The maximum absolute atomic E-state index is 3.61. The fourth-order valence-corrected chi connectivity index (χ4v) is 2.29. The summed E-state index contributed by atoms with van der Waals surface area (Å²) in [5, 5.41) is 3.61. The second kappa shape index (κ2) is 7.13. The minimum atomic E-state index is 0.694. The van der Waals surface area contributed by atoms with Crippen LogP contribution in [0.3, 0.4) is 0 Å². The van der Waals surface area contributed by atoms with Gasteiger partial charge in [0.1, 0.15) is 0 Å². The van der Waals surface area contributed by atoms with Crippen LogP contribution in [0.15, 0.2) is 0 Å². The summed E-state index contributed by atoms with van der Waals surface area (Å²) in [6.07, 6.45) is 1.28. The molecule has 0 saturated heterocycles. The fourth-order valence-electron chi connectivity index (χ4n) is 0.965. The number of hydrogen-bond donors (Lipinski definition) is 1. The predicted octanol–water partition coefficient (Wildman–Crippen LogP) is 3.08. The predicted molar refractivity (Wildman–Crippen MR) is 65.0 cm³/mol. The Hall–Kier alpha value is 0.690. The molecule has 2 unspecified atom stereocenters. The van der Waals surface area contributed by atoms with Crippen LogP contribution < -0.4 is 5.32 Å². The summed E-state index contributed by atoms with van der Waals surface area (Å²) in [6, 6.07) is 0.694. The average molecular weight is 283 g/mol. The SMILES string of the molecule is CCC(C)CNC(CI)C(C)C. The van der Waals surface area contributed by atoms with Crippen molar-refractivity contribution < 1.29 is 0 Å². The van der Waals surface area contributed by atoms with Gasteiger partial charge in [0.25, 0.3) is 0 Å². The second-order valence-electron chi connectivity index (χ2n) is 3.93. The normalized spacial score (nSPS) is 16.5. The van der Waals surface area contributed by atoms with Crippen LogP contribution in [-0.4, -0.2) is 17.0 Å². The van der Waals surface area contributed by atoms with Crippen molar-refractivity contribution >= 4 is 22.6 Å². The Balaban J connectivity index is 3.58. The molecule has 2 atom stereocenters. The Morgan fingerprint density at radius 2 is 1.83 bits per heavy atom. The zero-order valence-corrected chi connectivity index (χ0v) is 10.9. The molecule has 0 bridgehead atoms. The molecule has 74 valence electrons. The molecular formula is C10H22IN. The Morgan fingerprint density at radius 1 is 1.25 bits per heavy atom. The Bertz CT molecular complexity index is 104. The Labute approximate surface area is 90.8 Å². The highest BCUT2D eigenvalue weighted by molar-refractivity contribution is 14.1. The molecule has 2 heteroatoms. The van der Waals surface area contributed by atoms with E-state index in [0.717, 1.165) is 11.8 Å². The fraction of sp³-hybridized carbons (Fsp3) is 1.00. The van der Waals surface area contributed by atoms with Crippen LogP contribution in [0.5, 0.6) is 0 Å². The highest BCUT2D eigenvalue weighted by Gasteiger charge is 2.11. The van der Waals surface area contributed by atoms with Crippen molar-refractivity contribution in [2.24, 2.45) is 11.8 Å². The molecule has 0 amide bonds. The molecule has 0 radical (unpaired) electrons. The molecule has 0 aliphatic heterocycles. The molecule has 0 spiro atoms. The molecule has 12 heavy (non-hydrogen) atoms. The van der Waals surface area contributed by atoms with Gasteiger partial charge in [-0.15, -0.1) is 0 Å². The molecule has 0 aromatic carbocycles. The van der Waals surface area contributed by atoms with Crippen LogP contribution in [-0.2, 0) is 0 Å². The lowest BCUT2D eigenvalue weighted by Crippen LogP contribution is -2.37. The van der Waals surface area contributed by atoms with Gasteiger partial charge in [-0.25, -0.2) is 0 Å². The van der Waals surface area contributed by atoms with Gasteiger partial charge in [-0.1, -0.05) is 56.7 Å². The first-order valence-electron chi connectivity index (χ1n) is 4.91. The minimum absolute atomic E-state index is 0.694. The number of nitrogens with one attached hydrogen (secondary N) is 1. The first-order chi connectivity index (χ1) is 5.61. The van der Waals surface area contributed by atoms with Crippen molar-refractivity contribution in [3.63, 3.8) is 0 Å². The standard InChI is InChI=1S/C10H22IN/c1-5-9(4)7-12-10(6-11)8(2)3/h8-10,12H,5-7H2,1-4H3. The number of alkyl halides is 1. The van der Waals surface area contributed by atoms with E-state index < -0.39 is 0 Å². The quantitative estimate of drug-likeness (QED) is 0.583. The summed E-state index contributed by atoms with van der Waals surface area (Å²) < 4.78 is 1.21. The third kappa shape index (κ3) is 5.36. The third-order valence-corrected chi connectivity index (χ3v) is 3.35. The molecule has 0 aliphatic rings. The lowest BCUT2D eigenvalue weighted by atomic mass is 10.0. The monoisotopic (exact) mass is 283 g/mol. The van der Waals surface area contributed by atoms with E-state index in [2.05, 4.69) is 55.6 Å². The van der Waals surface area contributed by atoms with Gasteiger partial charge in [-0.2, -0.15) is 0 Å². The van der Waals surface area contributed by atoms with E-state index in [1.165, 1.54) is 17.4 Å². The molecule has 0 fully saturated rings. The van der Waals surface area contributed by atoms with Gasteiger partial charge in [0.2, 0.25) is 0 Å². The van der Waals surface area contributed by atoms with Gasteiger partial charge >= 0.3 is 0 Å². The zero-order chi connectivity index (χ0) is 9.56. The zero-order valence-electron chi connectivity index (χ0n) is 8.73. The van der Waals surface area contributed by atoms with Crippen LogP contribution in [0.4, 0.5) is 0 Å². The van der Waals surface area contributed by atoms with Crippen LogP contribution in [0.25, 0.3) is 0 Å². The number of halogens is 1. The van der Waals surface area contributed by atoms with Crippen molar-refractivity contribution in [3.05, 3.63) is 0 Å². The molecule has 1 N–H and O–H groups in total.